The predicted octanol–water partition coefficient (Wildman–Crippen LogP) is 1.74. The van der Waals surface area contributed by atoms with Crippen LogP contribution in [0.25, 0.3) is 10.6 Å². The van der Waals surface area contributed by atoms with Gasteiger partial charge in [0.15, 0.2) is 0 Å². The number of nitrogens with zero attached hydrogens (tertiary/aromatic N) is 1. The maximum absolute atomic E-state index is 11.4. The number of rotatable bonds is 6. The third-order valence-electron chi connectivity index (χ3n) is 2.97. The van der Waals surface area contributed by atoms with Gasteiger partial charge in [0.05, 0.1) is 22.8 Å². The van der Waals surface area contributed by atoms with Gasteiger partial charge in [-0.3, -0.25) is 9.89 Å². The minimum Gasteiger partial charge on any atom is -0.368 e. The third-order valence-corrected chi connectivity index (χ3v) is 3.86. The summed E-state index contributed by atoms with van der Waals surface area (Å²) in [5.74, 6) is -0.161. The Hall–Kier alpha value is -1.66. The molecule has 1 atom stereocenters. The Labute approximate surface area is 116 Å². The molecular weight excluding hydrogens is 260 g/mol. The molecule has 0 spiro atoms. The summed E-state index contributed by atoms with van der Waals surface area (Å²) in [7, 11) is 0. The van der Waals surface area contributed by atoms with Crippen molar-refractivity contribution >= 4 is 17.2 Å². The van der Waals surface area contributed by atoms with Gasteiger partial charge in [-0.2, -0.15) is 5.10 Å². The number of aromatic amines is 1. The molecule has 102 valence electrons. The van der Waals surface area contributed by atoms with Crippen LogP contribution in [0, 0.1) is 5.92 Å². The van der Waals surface area contributed by atoms with Crippen LogP contribution in [0.5, 0.6) is 0 Å². The zero-order valence-electron chi connectivity index (χ0n) is 11.0. The number of amides is 1. The molecule has 0 saturated heterocycles. The van der Waals surface area contributed by atoms with E-state index in [0.717, 1.165) is 16.1 Å². The zero-order valence-corrected chi connectivity index (χ0v) is 11.8. The number of carbonyl (C=O) groups excluding carboxylic acids is 1. The molecule has 0 fully saturated rings. The standard InChI is InChI=1S/C13H18N4OS/c1-8(2)11(13(14)18)15-6-9-7-16-17-12(9)10-4-3-5-19-10/h3-5,7-8,11,15H,6H2,1-2H3,(H2,14,18)(H,16,17). The zero-order chi connectivity index (χ0) is 13.8. The van der Waals surface area contributed by atoms with Crippen molar-refractivity contribution in [3.8, 4) is 10.6 Å². The van der Waals surface area contributed by atoms with Gasteiger partial charge >= 0.3 is 0 Å². The van der Waals surface area contributed by atoms with Crippen molar-refractivity contribution < 1.29 is 4.79 Å². The Morgan fingerprint density at radius 1 is 1.58 bits per heavy atom. The van der Waals surface area contributed by atoms with Gasteiger partial charge in [0, 0.05) is 12.1 Å². The highest BCUT2D eigenvalue weighted by atomic mass is 32.1. The van der Waals surface area contributed by atoms with Crippen LogP contribution in [0.2, 0.25) is 0 Å². The van der Waals surface area contributed by atoms with E-state index in [9.17, 15) is 4.79 Å². The molecule has 5 nitrogen and oxygen atoms in total. The Morgan fingerprint density at radius 2 is 2.37 bits per heavy atom. The lowest BCUT2D eigenvalue weighted by Crippen LogP contribution is -2.44. The van der Waals surface area contributed by atoms with E-state index in [-0.39, 0.29) is 17.9 Å². The average molecular weight is 278 g/mol. The van der Waals surface area contributed by atoms with E-state index in [1.807, 2.05) is 31.4 Å². The van der Waals surface area contributed by atoms with Gasteiger partial charge in [-0.05, 0) is 17.4 Å². The van der Waals surface area contributed by atoms with Crippen molar-refractivity contribution in [2.75, 3.05) is 0 Å². The Bertz CT molecular complexity index is 533. The molecule has 0 bridgehead atoms. The SMILES string of the molecule is CC(C)C(NCc1cn[nH]c1-c1cccs1)C(N)=O. The second-order valence-corrected chi connectivity index (χ2v) is 5.70. The number of H-pyrrole nitrogens is 1. The van der Waals surface area contributed by atoms with Gasteiger partial charge in [0.2, 0.25) is 5.91 Å². The number of nitrogens with two attached hydrogens (primary N) is 1. The van der Waals surface area contributed by atoms with E-state index < -0.39 is 0 Å². The topological polar surface area (TPSA) is 83.8 Å². The Kier molecular flexibility index (Phi) is 4.34. The van der Waals surface area contributed by atoms with Gasteiger partial charge in [0.1, 0.15) is 0 Å². The number of thiophene rings is 1. The van der Waals surface area contributed by atoms with Crippen molar-refractivity contribution in [2.45, 2.75) is 26.4 Å². The molecule has 4 N–H and O–H groups in total. The lowest BCUT2D eigenvalue weighted by molar-refractivity contribution is -0.121. The normalized spacial score (nSPS) is 12.8. The summed E-state index contributed by atoms with van der Waals surface area (Å²) >= 11 is 1.65. The van der Waals surface area contributed by atoms with Crippen LogP contribution in [0.1, 0.15) is 19.4 Å². The molecule has 0 aliphatic carbocycles. The lowest BCUT2D eigenvalue weighted by Gasteiger charge is -2.18. The van der Waals surface area contributed by atoms with E-state index >= 15 is 0 Å². The fourth-order valence-corrected chi connectivity index (χ4v) is 2.72. The van der Waals surface area contributed by atoms with Gasteiger partial charge in [-0.1, -0.05) is 19.9 Å². The maximum atomic E-state index is 11.4. The lowest BCUT2D eigenvalue weighted by atomic mass is 10.0. The number of hydrogen-bond donors (Lipinski definition) is 3. The first-order valence-electron chi connectivity index (χ1n) is 6.18. The van der Waals surface area contributed by atoms with Crippen molar-refractivity contribution in [3.05, 3.63) is 29.3 Å². The molecule has 19 heavy (non-hydrogen) atoms. The quantitative estimate of drug-likeness (QED) is 0.752. The number of aromatic nitrogens is 2. The highest BCUT2D eigenvalue weighted by Crippen LogP contribution is 2.25. The van der Waals surface area contributed by atoms with Crippen LogP contribution in [0.15, 0.2) is 23.7 Å². The smallest absolute Gasteiger partial charge is 0.234 e. The van der Waals surface area contributed by atoms with E-state index in [1.54, 1.807) is 17.5 Å². The predicted molar refractivity (Wildman–Crippen MR) is 76.6 cm³/mol. The first-order valence-corrected chi connectivity index (χ1v) is 7.06. The molecule has 2 aromatic heterocycles. The van der Waals surface area contributed by atoms with Crippen LogP contribution in [0.4, 0.5) is 0 Å². The van der Waals surface area contributed by atoms with E-state index in [0.29, 0.717) is 6.54 Å². The van der Waals surface area contributed by atoms with Crippen molar-refractivity contribution in [1.29, 1.82) is 0 Å². The minimum atomic E-state index is -0.328. The number of carbonyl (C=O) groups is 1. The molecule has 0 aliphatic heterocycles. The summed E-state index contributed by atoms with van der Waals surface area (Å²) in [6.07, 6.45) is 1.78. The highest BCUT2D eigenvalue weighted by molar-refractivity contribution is 7.13. The van der Waals surface area contributed by atoms with Crippen molar-refractivity contribution in [2.24, 2.45) is 11.7 Å². The van der Waals surface area contributed by atoms with Crippen molar-refractivity contribution in [1.82, 2.24) is 15.5 Å². The van der Waals surface area contributed by atoms with E-state index in [1.165, 1.54) is 0 Å². The number of nitrogens with one attached hydrogen (secondary N) is 2. The second kappa shape index (κ2) is 5.99. The van der Waals surface area contributed by atoms with Gasteiger partial charge < -0.3 is 11.1 Å². The minimum absolute atomic E-state index is 0.162. The summed E-state index contributed by atoms with van der Waals surface area (Å²) in [6.45, 7) is 4.51. The second-order valence-electron chi connectivity index (χ2n) is 4.75. The third kappa shape index (κ3) is 3.21. The molecule has 2 heterocycles. The highest BCUT2D eigenvalue weighted by Gasteiger charge is 2.19. The van der Waals surface area contributed by atoms with Gasteiger partial charge in [-0.25, -0.2) is 0 Å². The largest absolute Gasteiger partial charge is 0.368 e. The summed E-state index contributed by atoms with van der Waals surface area (Å²) < 4.78 is 0. The van der Waals surface area contributed by atoms with E-state index in [2.05, 4.69) is 15.5 Å². The first-order chi connectivity index (χ1) is 9.09. The molecule has 0 aromatic carbocycles. The maximum Gasteiger partial charge on any atom is 0.234 e. The molecule has 0 aliphatic rings. The summed E-state index contributed by atoms with van der Waals surface area (Å²) in [6, 6.07) is 3.71. The summed E-state index contributed by atoms with van der Waals surface area (Å²) in [5, 5.41) is 12.3. The van der Waals surface area contributed by atoms with Crippen molar-refractivity contribution in [3.63, 3.8) is 0 Å². The van der Waals surface area contributed by atoms with Crippen LogP contribution in [-0.2, 0) is 11.3 Å². The molecular formula is C13H18N4OS. The number of primary amides is 1. The monoisotopic (exact) mass is 278 g/mol. The van der Waals surface area contributed by atoms with Crippen LogP contribution in [0.3, 0.4) is 0 Å². The molecule has 2 aromatic rings. The average Bonchev–Trinajstić information content (AvgIpc) is 2.97. The van der Waals surface area contributed by atoms with Crippen LogP contribution < -0.4 is 11.1 Å². The Balaban J connectivity index is 2.08. The van der Waals surface area contributed by atoms with E-state index in [4.69, 9.17) is 5.73 Å². The molecule has 1 amide bonds. The number of hydrogen-bond acceptors (Lipinski definition) is 4. The van der Waals surface area contributed by atoms with Gasteiger partial charge in [0.25, 0.3) is 0 Å². The van der Waals surface area contributed by atoms with Crippen LogP contribution in [-0.4, -0.2) is 22.1 Å². The molecule has 2 rings (SSSR count). The summed E-state index contributed by atoms with van der Waals surface area (Å²) in [5.41, 5.74) is 7.42. The molecule has 0 radical (unpaired) electrons. The fraction of sp³-hybridized carbons (Fsp3) is 0.385. The fourth-order valence-electron chi connectivity index (χ4n) is 1.96. The Morgan fingerprint density at radius 3 is 2.95 bits per heavy atom. The molecule has 6 heteroatoms. The van der Waals surface area contributed by atoms with Gasteiger partial charge in [-0.15, -0.1) is 11.3 Å². The summed E-state index contributed by atoms with van der Waals surface area (Å²) in [4.78, 5) is 12.5. The molecule has 1 unspecified atom stereocenters. The van der Waals surface area contributed by atoms with Crippen LogP contribution >= 0.6 is 11.3 Å². The first kappa shape index (κ1) is 13.8. The molecule has 0 saturated carbocycles.